The second-order valence-corrected chi connectivity index (χ2v) is 5.69. The molecule has 1 aromatic heterocycles. The minimum atomic E-state index is -0.125. The molecule has 2 rings (SSSR count). The van der Waals surface area contributed by atoms with E-state index in [0.717, 1.165) is 13.1 Å². The van der Waals surface area contributed by atoms with Gasteiger partial charge in [-0.25, -0.2) is 4.68 Å². The third-order valence-electron chi connectivity index (χ3n) is 3.23. The molecule has 1 saturated heterocycles. The van der Waals surface area contributed by atoms with Crippen LogP contribution in [0.4, 0.5) is 5.69 Å². The van der Waals surface area contributed by atoms with Gasteiger partial charge in [0.05, 0.1) is 30.1 Å². The van der Waals surface area contributed by atoms with Gasteiger partial charge < -0.3 is 15.4 Å². The number of hydrogen-bond acceptors (Lipinski definition) is 5. The molecule has 6 nitrogen and oxygen atoms in total. The average Bonchev–Trinajstić information content (AvgIpc) is 2.82. The maximum Gasteiger partial charge on any atom is 0.283 e. The average molecular weight is 331 g/mol. The highest BCUT2D eigenvalue weighted by atomic mass is 79.9. The van der Waals surface area contributed by atoms with E-state index in [1.165, 1.54) is 4.68 Å². The van der Waals surface area contributed by atoms with Gasteiger partial charge >= 0.3 is 0 Å². The van der Waals surface area contributed by atoms with E-state index >= 15 is 0 Å². The molecule has 1 fully saturated rings. The quantitative estimate of drug-likeness (QED) is 0.861. The molecule has 0 spiro atoms. The van der Waals surface area contributed by atoms with Gasteiger partial charge in [0.2, 0.25) is 0 Å². The molecule has 19 heavy (non-hydrogen) atoms. The van der Waals surface area contributed by atoms with Crippen molar-refractivity contribution in [1.82, 2.24) is 15.1 Å². The Bertz CT molecular complexity index is 503. The normalized spacial score (nSPS) is 23.0. The van der Waals surface area contributed by atoms with Crippen molar-refractivity contribution in [2.45, 2.75) is 32.0 Å². The Morgan fingerprint density at radius 3 is 2.95 bits per heavy atom. The van der Waals surface area contributed by atoms with Crippen LogP contribution in [0.15, 0.2) is 15.5 Å². The van der Waals surface area contributed by atoms with Crippen molar-refractivity contribution in [3.63, 3.8) is 0 Å². The molecule has 0 radical (unpaired) electrons. The molecule has 2 atom stereocenters. The number of methoxy groups -OCH3 is 1. The second-order valence-electron chi connectivity index (χ2n) is 4.90. The zero-order valence-corrected chi connectivity index (χ0v) is 12.9. The molecule has 106 valence electrons. The van der Waals surface area contributed by atoms with Crippen LogP contribution >= 0.6 is 15.9 Å². The van der Waals surface area contributed by atoms with E-state index in [1.54, 1.807) is 13.3 Å². The van der Waals surface area contributed by atoms with Crippen LogP contribution in [-0.2, 0) is 4.74 Å². The minimum absolute atomic E-state index is 0.0396. The zero-order valence-electron chi connectivity index (χ0n) is 11.3. The van der Waals surface area contributed by atoms with Crippen LogP contribution < -0.4 is 16.2 Å². The Kier molecular flexibility index (Phi) is 4.59. The lowest BCUT2D eigenvalue weighted by atomic mass is 10.2. The highest BCUT2D eigenvalue weighted by Gasteiger charge is 2.27. The summed E-state index contributed by atoms with van der Waals surface area (Å²) in [6, 6.07) is 0.176. The first kappa shape index (κ1) is 14.5. The second kappa shape index (κ2) is 6.02. The zero-order chi connectivity index (χ0) is 14.0. The first-order chi connectivity index (χ1) is 9.04. The molecule has 1 unspecified atom stereocenters. The Morgan fingerprint density at radius 1 is 1.58 bits per heavy atom. The van der Waals surface area contributed by atoms with E-state index < -0.39 is 0 Å². The number of hydrogen-bond donors (Lipinski definition) is 2. The number of halogens is 1. The summed E-state index contributed by atoms with van der Waals surface area (Å²) in [7, 11) is 1.69. The fourth-order valence-electron chi connectivity index (χ4n) is 2.16. The van der Waals surface area contributed by atoms with E-state index in [9.17, 15) is 4.79 Å². The summed E-state index contributed by atoms with van der Waals surface area (Å²) in [5, 5.41) is 10.7. The van der Waals surface area contributed by atoms with Gasteiger partial charge in [0.25, 0.3) is 5.56 Å². The number of nitrogens with zero attached hydrogens (tertiary/aromatic N) is 2. The standard InChI is InChI=1S/C12H19BrN4O2/c1-7(2)17-12(18)11(13)9(5-15-17)16-8-4-14-6-10(8)19-3/h5,7-8,10,14,16H,4,6H2,1-3H3/t8?,10-/m0/s1. The Morgan fingerprint density at radius 2 is 2.32 bits per heavy atom. The van der Waals surface area contributed by atoms with Crippen LogP contribution in [0.2, 0.25) is 0 Å². The molecule has 0 aromatic carbocycles. The monoisotopic (exact) mass is 330 g/mol. The van der Waals surface area contributed by atoms with Gasteiger partial charge in [0.15, 0.2) is 0 Å². The molecule has 0 amide bonds. The van der Waals surface area contributed by atoms with Gasteiger partial charge in [-0.05, 0) is 29.8 Å². The van der Waals surface area contributed by atoms with Crippen LogP contribution in [0, 0.1) is 0 Å². The molecular weight excluding hydrogens is 312 g/mol. The molecule has 1 aromatic rings. The summed E-state index contributed by atoms with van der Waals surface area (Å²) >= 11 is 3.35. The van der Waals surface area contributed by atoms with Crippen molar-refractivity contribution in [2.75, 3.05) is 25.5 Å². The van der Waals surface area contributed by atoms with Crippen LogP contribution in [-0.4, -0.2) is 42.1 Å². The molecule has 2 heterocycles. The van der Waals surface area contributed by atoms with Crippen molar-refractivity contribution in [2.24, 2.45) is 0 Å². The molecule has 0 bridgehead atoms. The molecule has 1 aliphatic rings. The highest BCUT2D eigenvalue weighted by molar-refractivity contribution is 9.10. The maximum atomic E-state index is 12.1. The van der Waals surface area contributed by atoms with Crippen molar-refractivity contribution in [3.05, 3.63) is 21.0 Å². The predicted octanol–water partition coefficient (Wildman–Crippen LogP) is 0.985. The smallest absolute Gasteiger partial charge is 0.283 e. The van der Waals surface area contributed by atoms with E-state index in [1.807, 2.05) is 13.8 Å². The Labute approximate surface area is 120 Å². The van der Waals surface area contributed by atoms with E-state index in [0.29, 0.717) is 10.2 Å². The summed E-state index contributed by atoms with van der Waals surface area (Å²) < 4.78 is 7.35. The number of nitrogens with one attached hydrogen (secondary N) is 2. The van der Waals surface area contributed by atoms with E-state index in [2.05, 4.69) is 31.7 Å². The highest BCUT2D eigenvalue weighted by Crippen LogP contribution is 2.20. The Hall–Kier alpha value is -0.920. The predicted molar refractivity (Wildman–Crippen MR) is 77.7 cm³/mol. The lowest BCUT2D eigenvalue weighted by Crippen LogP contribution is -2.35. The van der Waals surface area contributed by atoms with E-state index in [4.69, 9.17) is 4.74 Å². The topological polar surface area (TPSA) is 68.2 Å². The fourth-order valence-corrected chi connectivity index (χ4v) is 2.56. The largest absolute Gasteiger partial charge is 0.378 e. The minimum Gasteiger partial charge on any atom is -0.378 e. The summed E-state index contributed by atoms with van der Waals surface area (Å²) in [4.78, 5) is 12.1. The van der Waals surface area contributed by atoms with Crippen LogP contribution in [0.1, 0.15) is 19.9 Å². The lowest BCUT2D eigenvalue weighted by molar-refractivity contribution is 0.111. The summed E-state index contributed by atoms with van der Waals surface area (Å²) in [5.74, 6) is 0. The first-order valence-electron chi connectivity index (χ1n) is 6.32. The lowest BCUT2D eigenvalue weighted by Gasteiger charge is -2.20. The third-order valence-corrected chi connectivity index (χ3v) is 4.00. The molecule has 0 saturated carbocycles. The number of aromatic nitrogens is 2. The summed E-state index contributed by atoms with van der Waals surface area (Å²) in [6.45, 7) is 5.46. The number of ether oxygens (including phenoxy) is 1. The molecule has 0 aliphatic carbocycles. The SMILES string of the molecule is CO[C@H]1CNCC1Nc1cnn(C(C)C)c(=O)c1Br. The van der Waals surface area contributed by atoms with Gasteiger partial charge in [-0.3, -0.25) is 4.79 Å². The van der Waals surface area contributed by atoms with Crippen LogP contribution in [0.25, 0.3) is 0 Å². The fraction of sp³-hybridized carbons (Fsp3) is 0.667. The molecule has 2 N–H and O–H groups in total. The van der Waals surface area contributed by atoms with Crippen LogP contribution in [0.3, 0.4) is 0 Å². The maximum absolute atomic E-state index is 12.1. The van der Waals surface area contributed by atoms with Crippen molar-refractivity contribution >= 4 is 21.6 Å². The van der Waals surface area contributed by atoms with Crippen LogP contribution in [0.5, 0.6) is 0 Å². The number of anilines is 1. The van der Waals surface area contributed by atoms with E-state index in [-0.39, 0.29) is 23.7 Å². The van der Waals surface area contributed by atoms with Gasteiger partial charge in [0, 0.05) is 20.2 Å². The first-order valence-corrected chi connectivity index (χ1v) is 7.11. The van der Waals surface area contributed by atoms with Crippen molar-refractivity contribution in [1.29, 1.82) is 0 Å². The molecular formula is C12H19BrN4O2. The van der Waals surface area contributed by atoms with Gasteiger partial charge in [-0.15, -0.1) is 0 Å². The van der Waals surface area contributed by atoms with Gasteiger partial charge in [0.1, 0.15) is 4.47 Å². The van der Waals surface area contributed by atoms with Gasteiger partial charge in [-0.1, -0.05) is 0 Å². The Balaban J connectivity index is 2.22. The van der Waals surface area contributed by atoms with Gasteiger partial charge in [-0.2, -0.15) is 5.10 Å². The summed E-state index contributed by atoms with van der Waals surface area (Å²) in [6.07, 6.45) is 1.77. The van der Waals surface area contributed by atoms with Crippen molar-refractivity contribution in [3.8, 4) is 0 Å². The molecule has 1 aliphatic heterocycles. The number of rotatable bonds is 4. The van der Waals surface area contributed by atoms with Crippen molar-refractivity contribution < 1.29 is 4.74 Å². The third kappa shape index (κ3) is 2.98. The molecule has 7 heteroatoms. The summed E-state index contributed by atoms with van der Waals surface area (Å²) in [5.41, 5.74) is 0.581.